The van der Waals surface area contributed by atoms with Gasteiger partial charge < -0.3 is 9.47 Å². The molecule has 0 radical (unpaired) electrons. The topological polar surface area (TPSA) is 72.2 Å². The fourth-order valence-electron chi connectivity index (χ4n) is 3.25. The second-order valence-electron chi connectivity index (χ2n) is 6.68. The molecule has 0 aliphatic carbocycles. The van der Waals surface area contributed by atoms with Gasteiger partial charge in [-0.2, -0.15) is 5.26 Å². The van der Waals surface area contributed by atoms with Gasteiger partial charge in [0.05, 0.1) is 23.9 Å². The molecule has 5 heteroatoms. The molecule has 0 spiro atoms. The molecule has 0 saturated carbocycles. The summed E-state index contributed by atoms with van der Waals surface area (Å²) in [6.45, 7) is 1.54. The number of hydrogen-bond donors (Lipinski definition) is 0. The zero-order chi connectivity index (χ0) is 20.4. The second kappa shape index (κ2) is 7.61. The average molecular weight is 382 g/mol. The number of fused-ring (bicyclic) bond motifs is 2. The lowest BCUT2D eigenvalue weighted by atomic mass is 10.0. The third kappa shape index (κ3) is 3.61. The van der Waals surface area contributed by atoms with Gasteiger partial charge in [-0.3, -0.25) is 0 Å². The number of hydrogen-bond acceptors (Lipinski definition) is 5. The number of benzene rings is 3. The van der Waals surface area contributed by atoms with Gasteiger partial charge in [-0.05, 0) is 48.0 Å². The van der Waals surface area contributed by atoms with Crippen LogP contribution in [0.3, 0.4) is 0 Å². The van der Waals surface area contributed by atoms with Crippen molar-refractivity contribution in [2.45, 2.75) is 13.0 Å². The van der Waals surface area contributed by atoms with Crippen LogP contribution in [0, 0.1) is 11.3 Å². The number of ether oxygens (including phenoxy) is 2. The minimum atomic E-state index is -0.825. The first kappa shape index (κ1) is 18.5. The van der Waals surface area contributed by atoms with E-state index in [0.29, 0.717) is 22.2 Å². The van der Waals surface area contributed by atoms with Crippen LogP contribution in [-0.2, 0) is 4.74 Å². The minimum absolute atomic E-state index is 0.391. The van der Waals surface area contributed by atoms with Crippen LogP contribution in [0.25, 0.3) is 32.9 Å². The Morgan fingerprint density at radius 2 is 1.79 bits per heavy atom. The van der Waals surface area contributed by atoms with Crippen LogP contribution in [-0.4, -0.2) is 24.2 Å². The summed E-state index contributed by atoms with van der Waals surface area (Å²) >= 11 is 0. The molecule has 0 fully saturated rings. The average Bonchev–Trinajstić information content (AvgIpc) is 2.77. The van der Waals surface area contributed by atoms with Crippen molar-refractivity contribution in [2.24, 2.45) is 0 Å². The van der Waals surface area contributed by atoms with Crippen LogP contribution in [0.5, 0.6) is 5.75 Å². The van der Waals surface area contributed by atoms with Crippen molar-refractivity contribution in [3.05, 3.63) is 72.3 Å². The van der Waals surface area contributed by atoms with E-state index >= 15 is 0 Å². The maximum atomic E-state index is 12.7. The third-order valence-electron chi connectivity index (χ3n) is 4.74. The zero-order valence-electron chi connectivity index (χ0n) is 16.0. The number of carbonyl (C=O) groups excluding carboxylic acids is 1. The van der Waals surface area contributed by atoms with E-state index in [1.54, 1.807) is 20.1 Å². The first-order valence-corrected chi connectivity index (χ1v) is 9.17. The Hall–Kier alpha value is -3.91. The largest absolute Gasteiger partial charge is 0.497 e. The van der Waals surface area contributed by atoms with Crippen molar-refractivity contribution in [1.29, 1.82) is 5.26 Å². The molecule has 29 heavy (non-hydrogen) atoms. The van der Waals surface area contributed by atoms with Crippen LogP contribution < -0.4 is 4.74 Å². The van der Waals surface area contributed by atoms with E-state index in [0.717, 1.165) is 22.1 Å². The van der Waals surface area contributed by atoms with Gasteiger partial charge in [0.25, 0.3) is 0 Å². The van der Waals surface area contributed by atoms with Crippen molar-refractivity contribution in [2.75, 3.05) is 7.11 Å². The van der Waals surface area contributed by atoms with Crippen LogP contribution in [0.2, 0.25) is 0 Å². The molecule has 3 aromatic carbocycles. The van der Waals surface area contributed by atoms with E-state index in [2.05, 4.69) is 0 Å². The molecule has 4 aromatic rings. The van der Waals surface area contributed by atoms with E-state index in [1.165, 1.54) is 0 Å². The smallest absolute Gasteiger partial charge is 0.340 e. The second-order valence-corrected chi connectivity index (χ2v) is 6.68. The minimum Gasteiger partial charge on any atom is -0.497 e. The number of carbonyl (C=O) groups is 1. The first-order chi connectivity index (χ1) is 14.1. The number of nitriles is 1. The van der Waals surface area contributed by atoms with Gasteiger partial charge in [-0.15, -0.1) is 0 Å². The summed E-state index contributed by atoms with van der Waals surface area (Å²) in [5.41, 5.74) is 2.63. The van der Waals surface area contributed by atoms with Gasteiger partial charge in [-0.1, -0.05) is 36.4 Å². The van der Waals surface area contributed by atoms with Crippen LogP contribution >= 0.6 is 0 Å². The Morgan fingerprint density at radius 1 is 1.03 bits per heavy atom. The summed E-state index contributed by atoms with van der Waals surface area (Å²) in [7, 11) is 1.64. The number of para-hydroxylation sites is 1. The fourth-order valence-corrected chi connectivity index (χ4v) is 3.25. The van der Waals surface area contributed by atoms with Crippen LogP contribution in [0.1, 0.15) is 17.3 Å². The van der Waals surface area contributed by atoms with Gasteiger partial charge in [0, 0.05) is 10.9 Å². The Balaban J connectivity index is 1.85. The highest BCUT2D eigenvalue weighted by Crippen LogP contribution is 2.29. The third-order valence-corrected chi connectivity index (χ3v) is 4.74. The van der Waals surface area contributed by atoms with E-state index in [9.17, 15) is 4.79 Å². The Morgan fingerprint density at radius 3 is 2.59 bits per heavy atom. The van der Waals surface area contributed by atoms with Gasteiger partial charge in [0.15, 0.2) is 6.10 Å². The van der Waals surface area contributed by atoms with E-state index in [4.69, 9.17) is 19.7 Å². The number of aromatic nitrogens is 1. The summed E-state index contributed by atoms with van der Waals surface area (Å²) in [5.74, 6) is 0.259. The monoisotopic (exact) mass is 382 g/mol. The predicted molar refractivity (Wildman–Crippen MR) is 112 cm³/mol. The predicted octanol–water partition coefficient (Wildman–Crippen LogP) is 5.13. The summed E-state index contributed by atoms with van der Waals surface area (Å²) in [4.78, 5) is 17.4. The molecule has 0 N–H and O–H groups in total. The first-order valence-electron chi connectivity index (χ1n) is 9.17. The van der Waals surface area contributed by atoms with E-state index < -0.39 is 12.1 Å². The van der Waals surface area contributed by atoms with Gasteiger partial charge in [0.2, 0.25) is 0 Å². The summed E-state index contributed by atoms with van der Waals surface area (Å²) in [6, 6.07) is 22.9. The Labute approximate surface area is 168 Å². The fraction of sp³-hybridized carbons (Fsp3) is 0.125. The molecular formula is C24H18N2O3. The molecule has 0 unspecified atom stereocenters. The quantitative estimate of drug-likeness (QED) is 0.457. The molecule has 0 amide bonds. The number of methoxy groups -OCH3 is 1. The summed E-state index contributed by atoms with van der Waals surface area (Å²) < 4.78 is 10.5. The van der Waals surface area contributed by atoms with Gasteiger partial charge in [-0.25, -0.2) is 9.78 Å². The number of nitrogens with zero attached hydrogens (tertiary/aromatic N) is 2. The van der Waals surface area contributed by atoms with Crippen molar-refractivity contribution in [3.63, 3.8) is 0 Å². The molecule has 1 aromatic heterocycles. The van der Waals surface area contributed by atoms with Crippen molar-refractivity contribution >= 4 is 27.6 Å². The number of esters is 1. The highest BCUT2D eigenvalue weighted by Gasteiger charge is 2.17. The highest BCUT2D eigenvalue weighted by molar-refractivity contribution is 6.05. The summed E-state index contributed by atoms with van der Waals surface area (Å²) in [5, 5.41) is 11.8. The van der Waals surface area contributed by atoms with Crippen LogP contribution in [0.4, 0.5) is 0 Å². The molecule has 1 atom stereocenters. The molecule has 4 rings (SSSR count). The lowest BCUT2D eigenvalue weighted by Crippen LogP contribution is -2.14. The molecule has 0 saturated heterocycles. The Bertz CT molecular complexity index is 1270. The van der Waals surface area contributed by atoms with Crippen molar-refractivity contribution in [3.8, 4) is 23.1 Å². The maximum Gasteiger partial charge on any atom is 0.340 e. The van der Waals surface area contributed by atoms with Crippen molar-refractivity contribution < 1.29 is 14.3 Å². The molecule has 0 bridgehead atoms. The molecule has 142 valence electrons. The molecule has 1 heterocycles. The van der Waals surface area contributed by atoms with E-state index in [-0.39, 0.29) is 0 Å². The van der Waals surface area contributed by atoms with Crippen molar-refractivity contribution in [1.82, 2.24) is 4.98 Å². The standard InChI is InChI=1S/C24H18N2O3/c1-15(14-25)29-24(27)21-13-23(26-22-6-4-3-5-20(21)22)18-8-7-17-12-19(28-2)10-9-16(17)11-18/h3-13,15H,1-2H3/t15-/m0/s1. The van der Waals surface area contributed by atoms with E-state index in [1.807, 2.05) is 66.7 Å². The lowest BCUT2D eigenvalue weighted by molar-refractivity contribution is 0.0438. The number of rotatable bonds is 4. The zero-order valence-corrected chi connectivity index (χ0v) is 16.0. The van der Waals surface area contributed by atoms with Crippen LogP contribution in [0.15, 0.2) is 66.7 Å². The maximum absolute atomic E-state index is 12.7. The SMILES string of the molecule is COc1ccc2cc(-c3cc(C(=O)O[C@@H](C)C#N)c4ccccc4n3)ccc2c1. The molecular weight excluding hydrogens is 364 g/mol. The summed E-state index contributed by atoms with van der Waals surface area (Å²) in [6.07, 6.45) is -0.825. The molecule has 5 nitrogen and oxygen atoms in total. The Kier molecular flexibility index (Phi) is 4.84. The lowest BCUT2D eigenvalue weighted by Gasteiger charge is -2.11. The molecule has 0 aliphatic rings. The highest BCUT2D eigenvalue weighted by atomic mass is 16.5. The van der Waals surface area contributed by atoms with Gasteiger partial charge in [0.1, 0.15) is 11.8 Å². The van der Waals surface area contributed by atoms with Gasteiger partial charge >= 0.3 is 5.97 Å². The molecule has 0 aliphatic heterocycles. The normalized spacial score (nSPS) is 11.8. The number of pyridine rings is 1.